The molecule has 2 aliphatic rings. The fraction of sp³-hybridized carbons (Fsp3) is 0.400. The fourth-order valence-corrected chi connectivity index (χ4v) is 2.45. The molecule has 116 valence electrons. The number of nitrogens with zero attached hydrogens (tertiary/aromatic N) is 2. The predicted octanol–water partition coefficient (Wildman–Crippen LogP) is 1.26. The van der Waals surface area contributed by atoms with Gasteiger partial charge in [-0.05, 0) is 44.0 Å². The van der Waals surface area contributed by atoms with Crippen molar-refractivity contribution in [3.63, 3.8) is 0 Å². The predicted molar refractivity (Wildman–Crippen MR) is 76.6 cm³/mol. The van der Waals surface area contributed by atoms with Crippen molar-refractivity contribution < 1.29 is 18.8 Å². The number of hydrogen-bond donors (Lipinski definition) is 1. The first-order chi connectivity index (χ1) is 10.5. The Balaban J connectivity index is 1.76. The lowest BCUT2D eigenvalue weighted by molar-refractivity contribution is -0.131. The Morgan fingerprint density at radius 3 is 2.50 bits per heavy atom. The lowest BCUT2D eigenvalue weighted by Gasteiger charge is -2.19. The molecule has 1 aromatic rings. The van der Waals surface area contributed by atoms with Gasteiger partial charge in [0, 0.05) is 11.7 Å². The zero-order valence-corrected chi connectivity index (χ0v) is 12.1. The van der Waals surface area contributed by atoms with Crippen molar-refractivity contribution >= 4 is 23.5 Å². The van der Waals surface area contributed by atoms with Crippen molar-refractivity contribution in [2.24, 2.45) is 0 Å². The van der Waals surface area contributed by atoms with Crippen LogP contribution in [0.4, 0.5) is 14.9 Å². The summed E-state index contributed by atoms with van der Waals surface area (Å²) in [6.45, 7) is 1.30. The highest BCUT2D eigenvalue weighted by molar-refractivity contribution is 6.15. The first kappa shape index (κ1) is 14.5. The molecule has 6 nitrogen and oxygen atoms in total. The largest absolute Gasteiger partial charge is 0.352 e. The Hall–Kier alpha value is -2.44. The summed E-state index contributed by atoms with van der Waals surface area (Å²) in [5, 5.41) is 2.75. The van der Waals surface area contributed by atoms with Crippen molar-refractivity contribution in [1.29, 1.82) is 0 Å². The van der Waals surface area contributed by atoms with Crippen molar-refractivity contribution in [2.45, 2.75) is 31.8 Å². The Bertz CT molecular complexity index is 627. The average Bonchev–Trinajstić information content (AvgIpc) is 3.26. The lowest BCUT2D eigenvalue weighted by atomic mass is 10.2. The average molecular weight is 305 g/mol. The van der Waals surface area contributed by atoms with E-state index < -0.39 is 23.8 Å². The summed E-state index contributed by atoms with van der Waals surface area (Å²) in [6, 6.07) is 4.22. The van der Waals surface area contributed by atoms with E-state index in [0.717, 1.165) is 17.7 Å². The number of urea groups is 1. The molecule has 1 aliphatic carbocycles. The maximum absolute atomic E-state index is 13.0. The molecule has 4 amide bonds. The van der Waals surface area contributed by atoms with Crippen molar-refractivity contribution in [3.05, 3.63) is 30.1 Å². The molecule has 1 saturated carbocycles. The molecule has 22 heavy (non-hydrogen) atoms. The van der Waals surface area contributed by atoms with E-state index in [1.807, 2.05) is 0 Å². The number of rotatable bonds is 4. The van der Waals surface area contributed by atoms with Crippen LogP contribution < -0.4 is 10.2 Å². The number of imide groups is 1. The normalized spacial score (nSPS) is 21.5. The number of nitrogens with one attached hydrogen (secondary N) is 1. The molecular weight excluding hydrogens is 289 g/mol. The van der Waals surface area contributed by atoms with Gasteiger partial charge in [-0.15, -0.1) is 0 Å². The Kier molecular flexibility index (Phi) is 3.56. The summed E-state index contributed by atoms with van der Waals surface area (Å²) in [5.41, 5.74) is 0.428. The topological polar surface area (TPSA) is 69.7 Å². The van der Waals surface area contributed by atoms with Gasteiger partial charge < -0.3 is 5.32 Å². The molecule has 3 rings (SSSR count). The maximum Gasteiger partial charge on any atom is 0.332 e. The smallest absolute Gasteiger partial charge is 0.332 e. The van der Waals surface area contributed by atoms with Crippen LogP contribution in [0.1, 0.15) is 19.8 Å². The highest BCUT2D eigenvalue weighted by atomic mass is 19.1. The second-order valence-corrected chi connectivity index (χ2v) is 5.57. The summed E-state index contributed by atoms with van der Waals surface area (Å²) in [4.78, 5) is 38.6. The molecule has 0 spiro atoms. The molecule has 1 unspecified atom stereocenters. The lowest BCUT2D eigenvalue weighted by Crippen LogP contribution is -2.42. The van der Waals surface area contributed by atoms with Gasteiger partial charge >= 0.3 is 6.03 Å². The number of benzene rings is 1. The molecule has 0 aromatic heterocycles. The minimum absolute atomic E-state index is 0.172. The van der Waals surface area contributed by atoms with E-state index in [0.29, 0.717) is 5.69 Å². The second-order valence-electron chi connectivity index (χ2n) is 5.57. The molecule has 1 N–H and O–H groups in total. The van der Waals surface area contributed by atoms with Crippen LogP contribution in [0, 0.1) is 5.82 Å². The van der Waals surface area contributed by atoms with E-state index in [1.54, 1.807) is 6.92 Å². The molecule has 7 heteroatoms. The van der Waals surface area contributed by atoms with Crippen molar-refractivity contribution in [3.8, 4) is 0 Å². The van der Waals surface area contributed by atoms with E-state index in [2.05, 4.69) is 5.32 Å². The summed E-state index contributed by atoms with van der Waals surface area (Å²) in [5.74, 6) is -1.19. The Morgan fingerprint density at radius 2 is 1.91 bits per heavy atom. The number of carbonyl (C=O) groups excluding carboxylic acids is 3. The summed E-state index contributed by atoms with van der Waals surface area (Å²) >= 11 is 0. The van der Waals surface area contributed by atoms with Gasteiger partial charge in [-0.25, -0.2) is 9.18 Å². The third kappa shape index (κ3) is 2.66. The van der Waals surface area contributed by atoms with Crippen molar-refractivity contribution in [2.75, 3.05) is 11.4 Å². The highest BCUT2D eigenvalue weighted by Crippen LogP contribution is 2.26. The van der Waals surface area contributed by atoms with Gasteiger partial charge in [-0.1, -0.05) is 0 Å². The van der Waals surface area contributed by atoms with Gasteiger partial charge in [-0.3, -0.25) is 19.4 Å². The van der Waals surface area contributed by atoms with Gasteiger partial charge in [-0.2, -0.15) is 0 Å². The SMILES string of the molecule is CC1C(=O)N(CC(=O)NC2CC2)C(=O)N1c1ccc(F)cc1. The third-order valence-electron chi connectivity index (χ3n) is 3.80. The number of hydrogen-bond acceptors (Lipinski definition) is 3. The van der Waals surface area contributed by atoms with Gasteiger partial charge in [0.05, 0.1) is 0 Å². The first-order valence-corrected chi connectivity index (χ1v) is 7.17. The molecule has 1 aromatic carbocycles. The van der Waals surface area contributed by atoms with Crippen LogP contribution in [0.25, 0.3) is 0 Å². The van der Waals surface area contributed by atoms with E-state index in [9.17, 15) is 18.8 Å². The molecule has 1 atom stereocenters. The molecule has 1 heterocycles. The van der Waals surface area contributed by atoms with Crippen LogP contribution in [0.3, 0.4) is 0 Å². The monoisotopic (exact) mass is 305 g/mol. The van der Waals surface area contributed by atoms with Gasteiger partial charge in [0.1, 0.15) is 18.4 Å². The van der Waals surface area contributed by atoms with Gasteiger partial charge in [0.15, 0.2) is 0 Å². The van der Waals surface area contributed by atoms with E-state index >= 15 is 0 Å². The van der Waals surface area contributed by atoms with Crippen LogP contribution in [-0.2, 0) is 9.59 Å². The summed E-state index contributed by atoms with van der Waals surface area (Å²) in [6.07, 6.45) is 1.87. The molecule has 1 aliphatic heterocycles. The molecule has 1 saturated heterocycles. The van der Waals surface area contributed by atoms with Crippen molar-refractivity contribution in [1.82, 2.24) is 10.2 Å². The molecular formula is C15H16FN3O3. The van der Waals surface area contributed by atoms with Crippen LogP contribution in [0.2, 0.25) is 0 Å². The summed E-state index contributed by atoms with van der Waals surface area (Å²) < 4.78 is 13.0. The Morgan fingerprint density at radius 1 is 1.27 bits per heavy atom. The Labute approximate surface area is 126 Å². The summed E-state index contributed by atoms with van der Waals surface area (Å²) in [7, 11) is 0. The zero-order chi connectivity index (χ0) is 15.9. The number of halogens is 1. The second kappa shape index (κ2) is 5.40. The minimum Gasteiger partial charge on any atom is -0.352 e. The molecule has 0 radical (unpaired) electrons. The highest BCUT2D eigenvalue weighted by Gasteiger charge is 2.44. The van der Waals surface area contributed by atoms with E-state index in [-0.39, 0.29) is 18.5 Å². The standard InChI is InChI=1S/C15H16FN3O3/c1-9-14(21)18(8-13(20)17-11-4-5-11)15(22)19(9)12-6-2-10(16)3-7-12/h2-3,6-7,9,11H,4-5,8H2,1H3,(H,17,20). The fourth-order valence-electron chi connectivity index (χ4n) is 2.45. The van der Waals surface area contributed by atoms with Crippen LogP contribution >= 0.6 is 0 Å². The maximum atomic E-state index is 13.0. The molecule has 2 fully saturated rings. The quantitative estimate of drug-likeness (QED) is 0.852. The van der Waals surface area contributed by atoms with Crippen LogP contribution in [0.5, 0.6) is 0 Å². The minimum atomic E-state index is -0.716. The van der Waals surface area contributed by atoms with Crippen LogP contribution in [0.15, 0.2) is 24.3 Å². The van der Waals surface area contributed by atoms with Gasteiger partial charge in [0.25, 0.3) is 5.91 Å². The zero-order valence-electron chi connectivity index (χ0n) is 12.1. The number of anilines is 1. The van der Waals surface area contributed by atoms with E-state index in [1.165, 1.54) is 29.2 Å². The van der Waals surface area contributed by atoms with Gasteiger partial charge in [0.2, 0.25) is 5.91 Å². The first-order valence-electron chi connectivity index (χ1n) is 7.17. The number of amides is 4. The van der Waals surface area contributed by atoms with Crippen LogP contribution in [-0.4, -0.2) is 41.4 Å². The van der Waals surface area contributed by atoms with E-state index in [4.69, 9.17) is 0 Å². The number of carbonyl (C=O) groups is 3. The third-order valence-corrected chi connectivity index (χ3v) is 3.80. The molecule has 0 bridgehead atoms.